The molecule has 0 saturated heterocycles. The molecule has 0 aliphatic carbocycles. The van der Waals surface area contributed by atoms with E-state index >= 15 is 0 Å². The zero-order chi connectivity index (χ0) is 16.2. The molecule has 1 aliphatic heterocycles. The first-order valence-electron chi connectivity index (χ1n) is 8.09. The van der Waals surface area contributed by atoms with E-state index in [4.69, 9.17) is 4.74 Å². The standard InChI is InChI=1S/C17H24N4O2/c1-12-5-13(2)7-16(6-12)23-10-15(22)8-18-14-3-4-17-19-11-20-21(17)9-14/h5-7,11,14-15,18,22H,3-4,8-10H2,1-2H3/t14-,15-/m1/s1. The van der Waals surface area contributed by atoms with Gasteiger partial charge in [-0.3, -0.25) is 0 Å². The van der Waals surface area contributed by atoms with Crippen molar-refractivity contribution < 1.29 is 9.84 Å². The third-order valence-corrected chi connectivity index (χ3v) is 4.09. The molecule has 0 fully saturated rings. The Morgan fingerprint density at radius 3 is 2.91 bits per heavy atom. The van der Waals surface area contributed by atoms with Crippen molar-refractivity contribution in [2.75, 3.05) is 13.2 Å². The van der Waals surface area contributed by atoms with E-state index in [1.54, 1.807) is 6.33 Å². The Balaban J connectivity index is 1.42. The smallest absolute Gasteiger partial charge is 0.138 e. The number of ether oxygens (including phenoxy) is 1. The molecule has 0 amide bonds. The molecular weight excluding hydrogens is 292 g/mol. The van der Waals surface area contributed by atoms with Crippen molar-refractivity contribution in [3.63, 3.8) is 0 Å². The lowest BCUT2D eigenvalue weighted by Crippen LogP contribution is -2.42. The maximum Gasteiger partial charge on any atom is 0.138 e. The number of aliphatic hydroxyl groups excluding tert-OH is 1. The van der Waals surface area contributed by atoms with Crippen molar-refractivity contribution in [3.8, 4) is 5.75 Å². The summed E-state index contributed by atoms with van der Waals surface area (Å²) in [5.74, 6) is 1.85. The van der Waals surface area contributed by atoms with E-state index in [-0.39, 0.29) is 6.61 Å². The van der Waals surface area contributed by atoms with Gasteiger partial charge in [-0.1, -0.05) is 6.07 Å². The van der Waals surface area contributed by atoms with Gasteiger partial charge in [-0.15, -0.1) is 0 Å². The number of hydrogen-bond acceptors (Lipinski definition) is 5. The summed E-state index contributed by atoms with van der Waals surface area (Å²) in [6, 6.07) is 6.40. The van der Waals surface area contributed by atoms with Crippen LogP contribution in [0.2, 0.25) is 0 Å². The second kappa shape index (κ2) is 7.10. The normalized spacial score (nSPS) is 18.5. The molecule has 0 spiro atoms. The van der Waals surface area contributed by atoms with Crippen LogP contribution in [-0.2, 0) is 13.0 Å². The van der Waals surface area contributed by atoms with Crippen LogP contribution < -0.4 is 10.1 Å². The van der Waals surface area contributed by atoms with E-state index in [1.165, 1.54) is 11.1 Å². The number of benzene rings is 1. The van der Waals surface area contributed by atoms with Crippen molar-refractivity contribution in [1.29, 1.82) is 0 Å². The van der Waals surface area contributed by atoms with Gasteiger partial charge in [0.2, 0.25) is 0 Å². The van der Waals surface area contributed by atoms with Gasteiger partial charge in [0.25, 0.3) is 0 Å². The maximum atomic E-state index is 10.1. The first kappa shape index (κ1) is 16.0. The maximum absolute atomic E-state index is 10.1. The molecule has 0 radical (unpaired) electrons. The molecule has 6 heteroatoms. The Labute approximate surface area is 136 Å². The molecule has 0 bridgehead atoms. The van der Waals surface area contributed by atoms with Crippen molar-refractivity contribution in [1.82, 2.24) is 20.1 Å². The van der Waals surface area contributed by atoms with Crippen molar-refractivity contribution in [2.24, 2.45) is 0 Å². The Morgan fingerprint density at radius 1 is 1.35 bits per heavy atom. The minimum Gasteiger partial charge on any atom is -0.491 e. The van der Waals surface area contributed by atoms with E-state index in [0.29, 0.717) is 12.6 Å². The van der Waals surface area contributed by atoms with Gasteiger partial charge in [0.05, 0.1) is 6.54 Å². The van der Waals surface area contributed by atoms with Crippen LogP contribution in [0.15, 0.2) is 24.5 Å². The molecule has 2 atom stereocenters. The average molecular weight is 316 g/mol. The van der Waals surface area contributed by atoms with Gasteiger partial charge in [0.15, 0.2) is 0 Å². The minimum atomic E-state index is -0.534. The van der Waals surface area contributed by atoms with Crippen LogP contribution in [0.4, 0.5) is 0 Å². The molecule has 23 heavy (non-hydrogen) atoms. The highest BCUT2D eigenvalue weighted by atomic mass is 16.5. The van der Waals surface area contributed by atoms with Gasteiger partial charge in [0, 0.05) is 19.0 Å². The fourth-order valence-electron chi connectivity index (χ4n) is 2.97. The Kier molecular flexibility index (Phi) is 4.93. The van der Waals surface area contributed by atoms with Crippen LogP contribution >= 0.6 is 0 Å². The Morgan fingerprint density at radius 2 is 2.13 bits per heavy atom. The first-order valence-corrected chi connectivity index (χ1v) is 8.09. The number of aromatic nitrogens is 3. The van der Waals surface area contributed by atoms with Gasteiger partial charge in [0.1, 0.15) is 30.6 Å². The van der Waals surface area contributed by atoms with E-state index in [9.17, 15) is 5.11 Å². The second-order valence-electron chi connectivity index (χ2n) is 6.29. The van der Waals surface area contributed by atoms with Crippen LogP contribution in [0.3, 0.4) is 0 Å². The average Bonchev–Trinajstić information content (AvgIpc) is 2.97. The highest BCUT2D eigenvalue weighted by Gasteiger charge is 2.20. The number of fused-ring (bicyclic) bond motifs is 1. The highest BCUT2D eigenvalue weighted by Crippen LogP contribution is 2.16. The molecule has 124 valence electrons. The summed E-state index contributed by atoms with van der Waals surface area (Å²) >= 11 is 0. The molecule has 0 saturated carbocycles. The topological polar surface area (TPSA) is 72.2 Å². The molecule has 2 N–H and O–H groups in total. The third-order valence-electron chi connectivity index (χ3n) is 4.09. The molecular formula is C17H24N4O2. The summed E-state index contributed by atoms with van der Waals surface area (Å²) in [4.78, 5) is 4.22. The lowest BCUT2D eigenvalue weighted by Gasteiger charge is -2.25. The van der Waals surface area contributed by atoms with Crippen molar-refractivity contribution in [3.05, 3.63) is 41.5 Å². The summed E-state index contributed by atoms with van der Waals surface area (Å²) in [5.41, 5.74) is 2.33. The Bertz CT molecular complexity index is 636. The van der Waals surface area contributed by atoms with Crippen molar-refractivity contribution in [2.45, 2.75) is 45.4 Å². The fourth-order valence-corrected chi connectivity index (χ4v) is 2.97. The fraction of sp³-hybridized carbons (Fsp3) is 0.529. The summed E-state index contributed by atoms with van der Waals surface area (Å²) < 4.78 is 7.63. The van der Waals surface area contributed by atoms with Gasteiger partial charge in [-0.2, -0.15) is 5.10 Å². The lowest BCUT2D eigenvalue weighted by molar-refractivity contribution is 0.101. The molecule has 0 unspecified atom stereocenters. The van der Waals surface area contributed by atoms with Crippen LogP contribution in [0.1, 0.15) is 23.4 Å². The monoisotopic (exact) mass is 316 g/mol. The van der Waals surface area contributed by atoms with Gasteiger partial charge < -0.3 is 15.2 Å². The van der Waals surface area contributed by atoms with Crippen LogP contribution in [-0.4, -0.2) is 45.2 Å². The summed E-state index contributed by atoms with van der Waals surface area (Å²) in [6.07, 6.45) is 3.01. The number of aliphatic hydroxyl groups is 1. The van der Waals surface area contributed by atoms with E-state index in [1.807, 2.05) is 30.7 Å². The van der Waals surface area contributed by atoms with Crippen LogP contribution in [0.25, 0.3) is 0 Å². The lowest BCUT2D eigenvalue weighted by atomic mass is 10.1. The molecule has 2 aromatic rings. The molecule has 3 rings (SSSR count). The van der Waals surface area contributed by atoms with E-state index in [0.717, 1.165) is 31.0 Å². The summed E-state index contributed by atoms with van der Waals surface area (Å²) in [5, 5.41) is 17.7. The number of nitrogens with zero attached hydrogens (tertiary/aromatic N) is 3. The molecule has 1 aromatic heterocycles. The van der Waals surface area contributed by atoms with Gasteiger partial charge >= 0.3 is 0 Å². The van der Waals surface area contributed by atoms with Crippen molar-refractivity contribution >= 4 is 0 Å². The predicted molar refractivity (Wildman–Crippen MR) is 87.6 cm³/mol. The predicted octanol–water partition coefficient (Wildman–Crippen LogP) is 1.24. The number of hydrogen-bond donors (Lipinski definition) is 2. The van der Waals surface area contributed by atoms with Gasteiger partial charge in [-0.05, 0) is 43.5 Å². The summed E-state index contributed by atoms with van der Waals surface area (Å²) in [7, 11) is 0. The Hall–Kier alpha value is -1.92. The van der Waals surface area contributed by atoms with Gasteiger partial charge in [-0.25, -0.2) is 9.67 Å². The zero-order valence-corrected chi connectivity index (χ0v) is 13.7. The number of rotatable bonds is 6. The zero-order valence-electron chi connectivity index (χ0n) is 13.7. The van der Waals surface area contributed by atoms with E-state index in [2.05, 4.69) is 21.5 Å². The molecule has 6 nitrogen and oxygen atoms in total. The van der Waals surface area contributed by atoms with Crippen LogP contribution in [0, 0.1) is 13.8 Å². The van der Waals surface area contributed by atoms with Crippen LogP contribution in [0.5, 0.6) is 5.75 Å². The molecule has 2 heterocycles. The first-order chi connectivity index (χ1) is 11.1. The SMILES string of the molecule is Cc1cc(C)cc(OC[C@H](O)CN[C@@H]2CCc3ncnn3C2)c1. The quantitative estimate of drug-likeness (QED) is 0.839. The molecule has 1 aromatic carbocycles. The molecule has 1 aliphatic rings. The summed E-state index contributed by atoms with van der Waals surface area (Å²) in [6.45, 7) is 5.69. The van der Waals surface area contributed by atoms with E-state index < -0.39 is 6.10 Å². The number of aryl methyl sites for hydroxylation is 3. The largest absolute Gasteiger partial charge is 0.491 e. The second-order valence-corrected chi connectivity index (χ2v) is 6.29. The highest BCUT2D eigenvalue weighted by molar-refractivity contribution is 5.32. The number of nitrogens with one attached hydrogen (secondary N) is 1. The third kappa shape index (κ3) is 4.30. The minimum absolute atomic E-state index is 0.289.